The first-order valence-electron chi connectivity index (χ1n) is 3.93. The van der Waals surface area contributed by atoms with Crippen LogP contribution in [0.3, 0.4) is 0 Å². The Morgan fingerprint density at radius 2 is 1.91 bits per heavy atom. The van der Waals surface area contributed by atoms with E-state index in [1.807, 2.05) is 0 Å². The van der Waals surface area contributed by atoms with Gasteiger partial charge in [-0.25, -0.2) is 0 Å². The van der Waals surface area contributed by atoms with E-state index in [2.05, 4.69) is 26.1 Å². The van der Waals surface area contributed by atoms with Gasteiger partial charge >= 0.3 is 0 Å². The minimum atomic E-state index is 0. The van der Waals surface area contributed by atoms with Gasteiger partial charge < -0.3 is 5.32 Å². The molecule has 0 fully saturated rings. The third-order valence-electron chi connectivity index (χ3n) is 1.47. The van der Waals surface area contributed by atoms with Crippen LogP contribution in [0.1, 0.15) is 33.6 Å². The van der Waals surface area contributed by atoms with E-state index in [-0.39, 0.29) is 17.9 Å². The van der Waals surface area contributed by atoms with Crippen LogP contribution in [0.2, 0.25) is 0 Å². The summed E-state index contributed by atoms with van der Waals surface area (Å²) in [6.45, 7) is 7.51. The number of unbranched alkanes of at least 4 members (excludes halogenated alkanes) is 1. The normalized spacial score (nSPS) is 10.9. The van der Waals surface area contributed by atoms with E-state index in [1.165, 1.54) is 12.8 Å². The molecule has 0 aliphatic heterocycles. The molecule has 0 saturated heterocycles. The maximum atomic E-state index is 5.71. The second kappa shape index (κ2) is 7.20. The van der Waals surface area contributed by atoms with E-state index in [4.69, 9.17) is 11.6 Å². The van der Waals surface area contributed by atoms with Crippen molar-refractivity contribution in [3.63, 3.8) is 0 Å². The molecule has 0 spiro atoms. The van der Waals surface area contributed by atoms with Gasteiger partial charge in [-0.1, -0.05) is 13.3 Å². The topological polar surface area (TPSA) is 12.0 Å². The largest absolute Gasteiger partial charge is 0.311 e. The summed E-state index contributed by atoms with van der Waals surface area (Å²) in [5.74, 6) is 0.677. The van der Waals surface area contributed by atoms with E-state index in [0.717, 1.165) is 6.54 Å². The van der Waals surface area contributed by atoms with Crippen molar-refractivity contribution < 1.29 is 0 Å². The zero-order chi connectivity index (χ0) is 8.04. The third-order valence-corrected chi connectivity index (χ3v) is 2.14. The fraction of sp³-hybridized carbons (Fsp3) is 1.00. The molecular formula is C8H19Cl2N. The predicted octanol–water partition coefficient (Wildman–Crippen LogP) is 2.82. The first-order chi connectivity index (χ1) is 4.62. The number of alkyl halides is 1. The van der Waals surface area contributed by atoms with Gasteiger partial charge in [0.05, 0.1) is 0 Å². The standard InChI is InChI=1S/C8H18ClN.ClH/c1-4-5-6-10-8(2,3)7-9;/h10H,4-7H2,1-3H3;1H. The molecule has 0 saturated carbocycles. The van der Waals surface area contributed by atoms with Gasteiger partial charge in [0.15, 0.2) is 0 Å². The lowest BCUT2D eigenvalue weighted by atomic mass is 10.1. The number of rotatable bonds is 5. The number of hydrogen-bond donors (Lipinski definition) is 1. The summed E-state index contributed by atoms with van der Waals surface area (Å²) in [7, 11) is 0. The fourth-order valence-corrected chi connectivity index (χ4v) is 0.745. The molecule has 0 atom stereocenters. The van der Waals surface area contributed by atoms with Gasteiger partial charge in [0.1, 0.15) is 0 Å². The van der Waals surface area contributed by atoms with Crippen molar-refractivity contribution in [1.29, 1.82) is 0 Å². The molecular weight excluding hydrogens is 181 g/mol. The summed E-state index contributed by atoms with van der Waals surface area (Å²) in [6, 6.07) is 0. The van der Waals surface area contributed by atoms with Gasteiger partial charge in [0.25, 0.3) is 0 Å². The van der Waals surface area contributed by atoms with Gasteiger partial charge in [-0.2, -0.15) is 0 Å². The highest BCUT2D eigenvalue weighted by molar-refractivity contribution is 6.18. The van der Waals surface area contributed by atoms with Crippen LogP contribution in [-0.4, -0.2) is 18.0 Å². The Bertz CT molecular complexity index is 84.2. The molecule has 0 radical (unpaired) electrons. The number of hydrogen-bond acceptors (Lipinski definition) is 1. The Balaban J connectivity index is 0. The Hall–Kier alpha value is 0.540. The second-order valence-corrected chi connectivity index (χ2v) is 3.57. The van der Waals surface area contributed by atoms with Crippen molar-refractivity contribution in [3.8, 4) is 0 Å². The summed E-state index contributed by atoms with van der Waals surface area (Å²) in [5, 5.41) is 3.38. The van der Waals surface area contributed by atoms with Crippen molar-refractivity contribution in [1.82, 2.24) is 5.32 Å². The summed E-state index contributed by atoms with van der Waals surface area (Å²) in [4.78, 5) is 0. The van der Waals surface area contributed by atoms with Crippen LogP contribution in [-0.2, 0) is 0 Å². The van der Waals surface area contributed by atoms with E-state index >= 15 is 0 Å². The lowest BCUT2D eigenvalue weighted by Crippen LogP contribution is -2.41. The van der Waals surface area contributed by atoms with Gasteiger partial charge in [-0.3, -0.25) is 0 Å². The molecule has 0 aromatic rings. The second-order valence-electron chi connectivity index (χ2n) is 3.30. The van der Waals surface area contributed by atoms with Crippen molar-refractivity contribution in [3.05, 3.63) is 0 Å². The minimum absolute atomic E-state index is 0. The van der Waals surface area contributed by atoms with Crippen molar-refractivity contribution >= 4 is 24.0 Å². The molecule has 0 aromatic heterocycles. The minimum Gasteiger partial charge on any atom is -0.311 e. The van der Waals surface area contributed by atoms with Crippen LogP contribution in [0.4, 0.5) is 0 Å². The SMILES string of the molecule is CCCCNC(C)(C)CCl.Cl. The molecule has 0 amide bonds. The number of halogens is 2. The average molecular weight is 200 g/mol. The highest BCUT2D eigenvalue weighted by Gasteiger charge is 2.13. The molecule has 11 heavy (non-hydrogen) atoms. The predicted molar refractivity (Wildman–Crippen MR) is 55.0 cm³/mol. The molecule has 0 aliphatic rings. The maximum Gasteiger partial charge on any atom is 0.0400 e. The monoisotopic (exact) mass is 199 g/mol. The molecule has 0 aliphatic carbocycles. The van der Waals surface area contributed by atoms with Gasteiger partial charge in [0, 0.05) is 11.4 Å². The lowest BCUT2D eigenvalue weighted by molar-refractivity contribution is 0.426. The molecule has 3 heteroatoms. The highest BCUT2D eigenvalue weighted by atomic mass is 35.5. The van der Waals surface area contributed by atoms with E-state index < -0.39 is 0 Å². The van der Waals surface area contributed by atoms with Crippen molar-refractivity contribution in [2.45, 2.75) is 39.2 Å². The summed E-state index contributed by atoms with van der Waals surface area (Å²) in [5.41, 5.74) is 0.108. The molecule has 1 N–H and O–H groups in total. The van der Waals surface area contributed by atoms with Crippen LogP contribution in [0.15, 0.2) is 0 Å². The molecule has 0 rings (SSSR count). The molecule has 0 bridgehead atoms. The van der Waals surface area contributed by atoms with Crippen LogP contribution >= 0.6 is 24.0 Å². The lowest BCUT2D eigenvalue weighted by Gasteiger charge is -2.22. The zero-order valence-corrected chi connectivity index (χ0v) is 9.19. The van der Waals surface area contributed by atoms with Gasteiger partial charge in [-0.05, 0) is 26.8 Å². The first kappa shape index (κ1) is 14.1. The van der Waals surface area contributed by atoms with Crippen molar-refractivity contribution in [2.75, 3.05) is 12.4 Å². The number of nitrogens with one attached hydrogen (secondary N) is 1. The van der Waals surface area contributed by atoms with Gasteiger partial charge in [-0.15, -0.1) is 24.0 Å². The van der Waals surface area contributed by atoms with Crippen LogP contribution in [0.25, 0.3) is 0 Å². The van der Waals surface area contributed by atoms with Crippen LogP contribution in [0, 0.1) is 0 Å². The Morgan fingerprint density at radius 1 is 1.36 bits per heavy atom. The Labute approximate surface area is 81.3 Å². The van der Waals surface area contributed by atoms with E-state index in [1.54, 1.807) is 0 Å². The zero-order valence-electron chi connectivity index (χ0n) is 7.61. The fourth-order valence-electron chi connectivity index (χ4n) is 0.651. The average Bonchev–Trinajstić information content (AvgIpc) is 1.89. The summed E-state index contributed by atoms with van der Waals surface area (Å²) >= 11 is 5.71. The summed E-state index contributed by atoms with van der Waals surface area (Å²) in [6.07, 6.45) is 2.48. The molecule has 1 nitrogen and oxygen atoms in total. The molecule has 0 aromatic carbocycles. The van der Waals surface area contributed by atoms with Crippen LogP contribution in [0.5, 0.6) is 0 Å². The molecule has 70 valence electrons. The molecule has 0 unspecified atom stereocenters. The summed E-state index contributed by atoms with van der Waals surface area (Å²) < 4.78 is 0. The van der Waals surface area contributed by atoms with Crippen LogP contribution < -0.4 is 5.32 Å². The van der Waals surface area contributed by atoms with Gasteiger partial charge in [0.2, 0.25) is 0 Å². The maximum absolute atomic E-state index is 5.71. The Morgan fingerprint density at radius 3 is 2.27 bits per heavy atom. The Kier molecular flexibility index (Phi) is 9.22. The van der Waals surface area contributed by atoms with E-state index in [9.17, 15) is 0 Å². The quantitative estimate of drug-likeness (QED) is 0.531. The van der Waals surface area contributed by atoms with Crippen molar-refractivity contribution in [2.24, 2.45) is 0 Å². The first-order valence-corrected chi connectivity index (χ1v) is 4.47. The van der Waals surface area contributed by atoms with E-state index in [0.29, 0.717) is 5.88 Å². The molecule has 0 heterocycles. The third kappa shape index (κ3) is 8.45. The smallest absolute Gasteiger partial charge is 0.0400 e. The highest BCUT2D eigenvalue weighted by Crippen LogP contribution is 2.03.